The molecule has 0 aliphatic heterocycles. The van der Waals surface area contributed by atoms with E-state index in [9.17, 15) is 0 Å². The van der Waals surface area contributed by atoms with E-state index in [0.29, 0.717) is 0 Å². The summed E-state index contributed by atoms with van der Waals surface area (Å²) in [5.74, 6) is 3.47. The lowest BCUT2D eigenvalue weighted by molar-refractivity contribution is 0.620. The second kappa shape index (κ2) is 2.26. The Morgan fingerprint density at radius 1 is 1.33 bits per heavy atom. The second-order valence-corrected chi connectivity index (χ2v) is 4.27. The van der Waals surface area contributed by atoms with Crippen LogP contribution in [-0.2, 0) is 0 Å². The van der Waals surface area contributed by atoms with E-state index >= 15 is 0 Å². The van der Waals surface area contributed by atoms with E-state index < -0.39 is 0 Å². The summed E-state index contributed by atoms with van der Waals surface area (Å²) >= 11 is 3.49. The summed E-state index contributed by atoms with van der Waals surface area (Å²) in [5, 5.41) is 1.22. The minimum Gasteiger partial charge on any atom is -0.0928 e. The smallest absolute Gasteiger partial charge is 0.00340 e. The summed E-state index contributed by atoms with van der Waals surface area (Å²) in [6.07, 6.45) is 6.07. The van der Waals surface area contributed by atoms with Crippen molar-refractivity contribution in [1.82, 2.24) is 0 Å². The van der Waals surface area contributed by atoms with Gasteiger partial charge in [-0.25, -0.2) is 0 Å². The Morgan fingerprint density at radius 2 is 2.11 bits per heavy atom. The fourth-order valence-corrected chi connectivity index (χ4v) is 2.43. The first-order chi connectivity index (χ1) is 4.42. The molecule has 0 heterocycles. The average Bonchev–Trinajstić information content (AvgIpc) is 2.58. The molecule has 0 saturated heterocycles. The molecule has 1 heteroatoms. The van der Waals surface area contributed by atoms with Crippen LogP contribution in [0, 0.1) is 17.8 Å². The van der Waals surface area contributed by atoms with Crippen molar-refractivity contribution in [3.05, 3.63) is 0 Å². The van der Waals surface area contributed by atoms with Gasteiger partial charge in [0.2, 0.25) is 0 Å². The molecule has 2 aliphatic rings. The summed E-state index contributed by atoms with van der Waals surface area (Å²) < 4.78 is 0. The van der Waals surface area contributed by atoms with Crippen molar-refractivity contribution >= 4 is 15.9 Å². The minimum absolute atomic E-state index is 1.12. The molecule has 0 aromatic heterocycles. The highest BCUT2D eigenvalue weighted by atomic mass is 79.9. The lowest BCUT2D eigenvalue weighted by atomic mass is 10.2. The first kappa shape index (κ1) is 6.21. The van der Waals surface area contributed by atoms with Crippen LogP contribution in [0.3, 0.4) is 0 Å². The van der Waals surface area contributed by atoms with Crippen molar-refractivity contribution in [3.63, 3.8) is 0 Å². The van der Waals surface area contributed by atoms with Crippen molar-refractivity contribution in [3.8, 4) is 0 Å². The standard InChI is InChI=1S/C8H13Br/c9-4-3-7-5-8(7)6-1-2-6/h6-8H,1-5H2/t7-,8+/m1/s1. The first-order valence-corrected chi connectivity index (χ1v) is 5.10. The number of alkyl halides is 1. The van der Waals surface area contributed by atoms with Crippen LogP contribution in [0.5, 0.6) is 0 Å². The molecule has 2 atom stereocenters. The maximum Gasteiger partial charge on any atom is 0.00340 e. The monoisotopic (exact) mass is 188 g/mol. The third-order valence-electron chi connectivity index (χ3n) is 2.68. The van der Waals surface area contributed by atoms with Crippen molar-refractivity contribution in [2.75, 3.05) is 5.33 Å². The molecular formula is C8H13Br. The van der Waals surface area contributed by atoms with Crippen molar-refractivity contribution in [2.45, 2.75) is 25.7 Å². The number of hydrogen-bond donors (Lipinski definition) is 0. The second-order valence-electron chi connectivity index (χ2n) is 3.47. The fraction of sp³-hybridized carbons (Fsp3) is 1.00. The maximum absolute atomic E-state index is 3.49. The van der Waals surface area contributed by atoms with Gasteiger partial charge in [-0.1, -0.05) is 15.9 Å². The van der Waals surface area contributed by atoms with E-state index in [1.54, 1.807) is 19.3 Å². The lowest BCUT2D eigenvalue weighted by Crippen LogP contribution is -1.84. The molecule has 0 aromatic rings. The molecule has 0 bridgehead atoms. The van der Waals surface area contributed by atoms with Gasteiger partial charge in [-0.05, 0) is 43.4 Å². The van der Waals surface area contributed by atoms with Gasteiger partial charge in [0.1, 0.15) is 0 Å². The zero-order chi connectivity index (χ0) is 6.27. The summed E-state index contributed by atoms with van der Waals surface area (Å²) in [6.45, 7) is 0. The van der Waals surface area contributed by atoms with Gasteiger partial charge in [-0.3, -0.25) is 0 Å². The number of halogens is 1. The van der Waals surface area contributed by atoms with Crippen LogP contribution in [0.15, 0.2) is 0 Å². The van der Waals surface area contributed by atoms with Crippen LogP contribution in [-0.4, -0.2) is 5.33 Å². The fourth-order valence-electron chi connectivity index (χ4n) is 1.84. The predicted molar refractivity (Wildman–Crippen MR) is 42.7 cm³/mol. The van der Waals surface area contributed by atoms with E-state index in [2.05, 4.69) is 15.9 Å². The molecule has 9 heavy (non-hydrogen) atoms. The van der Waals surface area contributed by atoms with Gasteiger partial charge in [-0.2, -0.15) is 0 Å². The van der Waals surface area contributed by atoms with Gasteiger partial charge in [0.25, 0.3) is 0 Å². The van der Waals surface area contributed by atoms with Crippen LogP contribution in [0.1, 0.15) is 25.7 Å². The topological polar surface area (TPSA) is 0 Å². The van der Waals surface area contributed by atoms with Crippen LogP contribution >= 0.6 is 15.9 Å². The van der Waals surface area contributed by atoms with E-state index in [0.717, 1.165) is 5.92 Å². The van der Waals surface area contributed by atoms with Crippen molar-refractivity contribution in [1.29, 1.82) is 0 Å². The Bertz CT molecular complexity index is 107. The number of rotatable bonds is 3. The Labute approximate surface area is 65.1 Å². The number of hydrogen-bond acceptors (Lipinski definition) is 0. The molecule has 0 N–H and O–H groups in total. The van der Waals surface area contributed by atoms with Gasteiger partial charge in [0, 0.05) is 5.33 Å². The van der Waals surface area contributed by atoms with Gasteiger partial charge < -0.3 is 0 Å². The quantitative estimate of drug-likeness (QED) is 0.599. The Kier molecular flexibility index (Phi) is 1.56. The van der Waals surface area contributed by atoms with Crippen molar-refractivity contribution < 1.29 is 0 Å². The zero-order valence-corrected chi connectivity index (χ0v) is 7.23. The Balaban J connectivity index is 1.69. The molecule has 0 aromatic carbocycles. The van der Waals surface area contributed by atoms with Gasteiger partial charge in [0.05, 0.1) is 0 Å². The molecule has 2 saturated carbocycles. The third kappa shape index (κ3) is 1.31. The van der Waals surface area contributed by atoms with Crippen LogP contribution in [0.25, 0.3) is 0 Å². The molecule has 0 unspecified atom stereocenters. The summed E-state index contributed by atoms with van der Waals surface area (Å²) in [4.78, 5) is 0. The molecule has 2 rings (SSSR count). The highest BCUT2D eigenvalue weighted by Crippen LogP contribution is 2.55. The molecule has 0 radical (unpaired) electrons. The van der Waals surface area contributed by atoms with Crippen LogP contribution < -0.4 is 0 Å². The third-order valence-corrected chi connectivity index (χ3v) is 3.14. The highest BCUT2D eigenvalue weighted by molar-refractivity contribution is 9.09. The molecule has 0 amide bonds. The predicted octanol–water partition coefficient (Wildman–Crippen LogP) is 2.82. The minimum atomic E-state index is 1.12. The van der Waals surface area contributed by atoms with E-state index in [4.69, 9.17) is 0 Å². The largest absolute Gasteiger partial charge is 0.0928 e. The average molecular weight is 189 g/mol. The van der Waals surface area contributed by atoms with E-state index in [1.807, 2.05) is 0 Å². The summed E-state index contributed by atoms with van der Waals surface area (Å²) in [6, 6.07) is 0. The molecular weight excluding hydrogens is 176 g/mol. The Hall–Kier alpha value is 0.480. The lowest BCUT2D eigenvalue weighted by Gasteiger charge is -1.91. The normalized spacial score (nSPS) is 41.0. The Morgan fingerprint density at radius 3 is 2.67 bits per heavy atom. The SMILES string of the molecule is BrCC[C@@H]1C[C@H]1C1CC1. The van der Waals surface area contributed by atoms with Crippen LogP contribution in [0.4, 0.5) is 0 Å². The van der Waals surface area contributed by atoms with E-state index in [1.165, 1.54) is 23.6 Å². The molecule has 0 nitrogen and oxygen atoms in total. The van der Waals surface area contributed by atoms with Crippen LogP contribution in [0.2, 0.25) is 0 Å². The molecule has 52 valence electrons. The molecule has 2 fully saturated rings. The molecule has 2 aliphatic carbocycles. The van der Waals surface area contributed by atoms with Gasteiger partial charge in [0.15, 0.2) is 0 Å². The summed E-state index contributed by atoms with van der Waals surface area (Å²) in [5.41, 5.74) is 0. The summed E-state index contributed by atoms with van der Waals surface area (Å²) in [7, 11) is 0. The van der Waals surface area contributed by atoms with E-state index in [-0.39, 0.29) is 0 Å². The van der Waals surface area contributed by atoms with Crippen molar-refractivity contribution in [2.24, 2.45) is 17.8 Å². The maximum atomic E-state index is 3.49. The zero-order valence-electron chi connectivity index (χ0n) is 5.65. The van der Waals surface area contributed by atoms with Gasteiger partial charge >= 0.3 is 0 Å². The highest BCUT2D eigenvalue weighted by Gasteiger charge is 2.46. The molecule has 0 spiro atoms. The first-order valence-electron chi connectivity index (χ1n) is 3.98. The van der Waals surface area contributed by atoms with Gasteiger partial charge in [-0.15, -0.1) is 0 Å².